The molecule has 0 amide bonds. The molecule has 1 aliphatic heterocycles. The van der Waals surface area contributed by atoms with Crippen LogP contribution in [-0.4, -0.2) is 23.2 Å². The normalized spacial score (nSPS) is 28.7. The summed E-state index contributed by atoms with van der Waals surface area (Å²) in [6, 6.07) is 0. The first-order valence-electron chi connectivity index (χ1n) is 4.75. The topological polar surface area (TPSA) is 45.2 Å². The summed E-state index contributed by atoms with van der Waals surface area (Å²) >= 11 is 4.91. The van der Waals surface area contributed by atoms with Crippen molar-refractivity contribution in [1.29, 1.82) is 0 Å². The van der Waals surface area contributed by atoms with E-state index in [2.05, 4.69) is 26.2 Å². The van der Waals surface area contributed by atoms with E-state index in [4.69, 9.17) is 0 Å². The van der Waals surface area contributed by atoms with E-state index >= 15 is 0 Å². The fourth-order valence-corrected chi connectivity index (χ4v) is 3.54. The lowest BCUT2D eigenvalue weighted by Crippen LogP contribution is -2.26. The van der Waals surface area contributed by atoms with Crippen LogP contribution in [0.25, 0.3) is 0 Å². The second kappa shape index (κ2) is 4.26. The predicted octanol–water partition coefficient (Wildman–Crippen LogP) is 1.87. The minimum Gasteiger partial charge on any atom is -0.384 e. The molecule has 0 spiro atoms. The van der Waals surface area contributed by atoms with Gasteiger partial charge in [0.05, 0.1) is 10.4 Å². The van der Waals surface area contributed by atoms with Crippen LogP contribution in [0.5, 0.6) is 0 Å². The first-order chi connectivity index (χ1) is 6.72. The maximum absolute atomic E-state index is 10.5. The van der Waals surface area contributed by atoms with Crippen LogP contribution < -0.4 is 5.32 Å². The number of aromatic nitrogens is 1. The van der Waals surface area contributed by atoms with E-state index in [0.717, 1.165) is 41.8 Å². The van der Waals surface area contributed by atoms with E-state index in [1.807, 2.05) is 0 Å². The van der Waals surface area contributed by atoms with Gasteiger partial charge in [0, 0.05) is 0 Å². The number of nitrogens with zero attached hydrogens (tertiary/aromatic N) is 1. The summed E-state index contributed by atoms with van der Waals surface area (Å²) in [5.74, 6) is 0. The van der Waals surface area contributed by atoms with Crippen molar-refractivity contribution in [2.24, 2.45) is 0 Å². The zero-order valence-corrected chi connectivity index (χ0v) is 10.2. The molecule has 0 aromatic carbocycles. The van der Waals surface area contributed by atoms with Crippen molar-refractivity contribution in [3.63, 3.8) is 0 Å². The van der Waals surface area contributed by atoms with Crippen molar-refractivity contribution < 1.29 is 5.11 Å². The Kier molecular flexibility index (Phi) is 3.21. The van der Waals surface area contributed by atoms with Crippen LogP contribution >= 0.6 is 27.3 Å². The van der Waals surface area contributed by atoms with Crippen molar-refractivity contribution in [3.8, 4) is 0 Å². The molecule has 5 heteroatoms. The van der Waals surface area contributed by atoms with Gasteiger partial charge >= 0.3 is 0 Å². The van der Waals surface area contributed by atoms with Gasteiger partial charge in [-0.15, -0.1) is 11.3 Å². The van der Waals surface area contributed by atoms with Gasteiger partial charge in [0.1, 0.15) is 10.2 Å². The van der Waals surface area contributed by atoms with Gasteiger partial charge in [0.25, 0.3) is 0 Å². The van der Waals surface area contributed by atoms with Gasteiger partial charge in [-0.25, -0.2) is 4.98 Å². The van der Waals surface area contributed by atoms with Crippen molar-refractivity contribution >= 4 is 27.3 Å². The fraction of sp³-hybridized carbons (Fsp3) is 0.667. The van der Waals surface area contributed by atoms with Crippen molar-refractivity contribution in [2.45, 2.75) is 24.9 Å². The van der Waals surface area contributed by atoms with Gasteiger partial charge in [-0.3, -0.25) is 0 Å². The number of hydrogen-bond donors (Lipinski definition) is 2. The predicted molar refractivity (Wildman–Crippen MR) is 60.4 cm³/mol. The quantitative estimate of drug-likeness (QED) is 0.823. The molecule has 2 rings (SSSR count). The van der Waals surface area contributed by atoms with Gasteiger partial charge in [0.15, 0.2) is 0 Å². The maximum atomic E-state index is 10.5. The number of aliphatic hydroxyl groups is 1. The van der Waals surface area contributed by atoms with Crippen molar-refractivity contribution in [2.75, 3.05) is 13.1 Å². The van der Waals surface area contributed by atoms with Crippen LogP contribution in [0.4, 0.5) is 0 Å². The molecule has 2 N–H and O–H groups in total. The molecule has 1 aromatic rings. The molecule has 78 valence electrons. The summed E-state index contributed by atoms with van der Waals surface area (Å²) in [7, 11) is 0. The largest absolute Gasteiger partial charge is 0.384 e. The minimum absolute atomic E-state index is 0.677. The molecular formula is C9H13BrN2OS. The van der Waals surface area contributed by atoms with Crippen molar-refractivity contribution in [3.05, 3.63) is 15.0 Å². The van der Waals surface area contributed by atoms with E-state index in [9.17, 15) is 5.11 Å². The summed E-state index contributed by atoms with van der Waals surface area (Å²) in [5, 5.41) is 13.8. The SMILES string of the molecule is OC1(c2scnc2Br)CCCNCC1. The van der Waals surface area contributed by atoms with Gasteiger partial charge in [-0.2, -0.15) is 0 Å². The summed E-state index contributed by atoms with van der Waals surface area (Å²) in [6.45, 7) is 1.87. The smallest absolute Gasteiger partial charge is 0.123 e. The van der Waals surface area contributed by atoms with Crippen LogP contribution in [-0.2, 0) is 5.60 Å². The highest BCUT2D eigenvalue weighted by Gasteiger charge is 2.33. The molecule has 1 fully saturated rings. The van der Waals surface area contributed by atoms with E-state index in [1.54, 1.807) is 5.51 Å². The van der Waals surface area contributed by atoms with Crippen LogP contribution in [0.1, 0.15) is 24.1 Å². The monoisotopic (exact) mass is 276 g/mol. The molecule has 0 bridgehead atoms. The first kappa shape index (κ1) is 10.5. The third-order valence-electron chi connectivity index (χ3n) is 2.61. The standard InChI is InChI=1S/C9H13BrN2OS/c10-8-7(14-6-12-8)9(13)2-1-4-11-5-3-9/h6,11,13H,1-5H2. The summed E-state index contributed by atoms with van der Waals surface area (Å²) in [6.07, 6.45) is 2.61. The Hall–Kier alpha value is 0.0300. The second-order valence-corrected chi connectivity index (χ2v) is 5.21. The molecule has 1 atom stereocenters. The molecule has 1 aromatic heterocycles. The highest BCUT2D eigenvalue weighted by atomic mass is 79.9. The number of halogens is 1. The molecule has 1 saturated heterocycles. The molecular weight excluding hydrogens is 264 g/mol. The highest BCUT2D eigenvalue weighted by Crippen LogP contribution is 2.37. The number of hydrogen-bond acceptors (Lipinski definition) is 4. The van der Waals surface area contributed by atoms with E-state index in [1.165, 1.54) is 11.3 Å². The van der Waals surface area contributed by atoms with Gasteiger partial charge < -0.3 is 10.4 Å². The zero-order valence-electron chi connectivity index (χ0n) is 7.79. The number of nitrogens with one attached hydrogen (secondary N) is 1. The van der Waals surface area contributed by atoms with Crippen LogP contribution in [0, 0.1) is 0 Å². The lowest BCUT2D eigenvalue weighted by atomic mass is 9.94. The average molecular weight is 277 g/mol. The lowest BCUT2D eigenvalue weighted by Gasteiger charge is -2.24. The summed E-state index contributed by atoms with van der Waals surface area (Å²) in [4.78, 5) is 5.10. The number of thiazole rings is 1. The molecule has 0 radical (unpaired) electrons. The van der Waals surface area contributed by atoms with E-state index in [0.29, 0.717) is 0 Å². The molecule has 3 nitrogen and oxygen atoms in total. The molecule has 1 aliphatic rings. The van der Waals surface area contributed by atoms with Gasteiger partial charge in [-0.05, 0) is 48.3 Å². The Morgan fingerprint density at radius 1 is 1.50 bits per heavy atom. The number of rotatable bonds is 1. The van der Waals surface area contributed by atoms with Crippen LogP contribution in [0.15, 0.2) is 10.1 Å². The van der Waals surface area contributed by atoms with Crippen LogP contribution in [0.2, 0.25) is 0 Å². The van der Waals surface area contributed by atoms with Crippen LogP contribution in [0.3, 0.4) is 0 Å². The Balaban J connectivity index is 2.25. The van der Waals surface area contributed by atoms with Gasteiger partial charge in [-0.1, -0.05) is 0 Å². The van der Waals surface area contributed by atoms with E-state index in [-0.39, 0.29) is 0 Å². The maximum Gasteiger partial charge on any atom is 0.123 e. The van der Waals surface area contributed by atoms with E-state index < -0.39 is 5.60 Å². The second-order valence-electron chi connectivity index (χ2n) is 3.61. The third kappa shape index (κ3) is 2.00. The third-order valence-corrected chi connectivity index (χ3v) is 4.49. The summed E-state index contributed by atoms with van der Waals surface area (Å²) < 4.78 is 0.798. The molecule has 14 heavy (non-hydrogen) atoms. The lowest BCUT2D eigenvalue weighted by molar-refractivity contribution is 0.0268. The van der Waals surface area contributed by atoms with Crippen molar-refractivity contribution in [1.82, 2.24) is 10.3 Å². The minimum atomic E-state index is -0.677. The molecule has 1 unspecified atom stereocenters. The highest BCUT2D eigenvalue weighted by molar-refractivity contribution is 9.10. The zero-order chi connectivity index (χ0) is 10.0. The molecule has 0 saturated carbocycles. The Morgan fingerprint density at radius 3 is 3.07 bits per heavy atom. The Bertz CT molecular complexity index is 308. The molecule has 0 aliphatic carbocycles. The Morgan fingerprint density at radius 2 is 2.36 bits per heavy atom. The van der Waals surface area contributed by atoms with Gasteiger partial charge in [0.2, 0.25) is 0 Å². The summed E-state index contributed by atoms with van der Waals surface area (Å²) in [5.41, 5.74) is 1.10. The fourth-order valence-electron chi connectivity index (χ4n) is 1.81. The molecule has 2 heterocycles. The average Bonchev–Trinajstić information content (AvgIpc) is 2.46. The Labute approximate surface area is 95.7 Å². The first-order valence-corrected chi connectivity index (χ1v) is 6.42.